The maximum absolute atomic E-state index is 12.6. The standard InChI is InChI=1S/C16H30N2O3/c1-4-6-16(15(20)21)7-5-8-18(16)14(19)10-13(11-17)9-12(2)3/h12-13H,4-11,17H2,1-3H3,(H,20,21). The van der Waals surface area contributed by atoms with E-state index in [1.165, 1.54) is 0 Å². The third-order valence-corrected chi connectivity index (χ3v) is 4.45. The van der Waals surface area contributed by atoms with Crippen LogP contribution in [0.3, 0.4) is 0 Å². The second kappa shape index (κ2) is 7.78. The molecule has 0 spiro atoms. The summed E-state index contributed by atoms with van der Waals surface area (Å²) in [6.07, 6.45) is 3.92. The molecular weight excluding hydrogens is 268 g/mol. The molecule has 0 bridgehead atoms. The Balaban J connectivity index is 2.81. The maximum Gasteiger partial charge on any atom is 0.329 e. The molecule has 1 saturated heterocycles. The van der Waals surface area contributed by atoms with Crippen molar-refractivity contribution in [2.24, 2.45) is 17.6 Å². The van der Waals surface area contributed by atoms with Gasteiger partial charge in [0.2, 0.25) is 5.91 Å². The zero-order chi connectivity index (χ0) is 16.0. The molecule has 122 valence electrons. The topological polar surface area (TPSA) is 83.6 Å². The molecule has 21 heavy (non-hydrogen) atoms. The van der Waals surface area contributed by atoms with Crippen LogP contribution < -0.4 is 5.73 Å². The van der Waals surface area contributed by atoms with Crippen molar-refractivity contribution in [3.63, 3.8) is 0 Å². The maximum atomic E-state index is 12.6. The fourth-order valence-corrected chi connectivity index (χ4v) is 3.53. The highest BCUT2D eigenvalue weighted by Gasteiger charge is 2.49. The minimum absolute atomic E-state index is 0.0422. The van der Waals surface area contributed by atoms with Gasteiger partial charge in [-0.25, -0.2) is 4.79 Å². The summed E-state index contributed by atoms with van der Waals surface area (Å²) in [5, 5.41) is 9.63. The second-order valence-corrected chi connectivity index (χ2v) is 6.67. The number of likely N-dealkylation sites (tertiary alicyclic amines) is 1. The Labute approximate surface area is 127 Å². The highest BCUT2D eigenvalue weighted by atomic mass is 16.4. The fraction of sp³-hybridized carbons (Fsp3) is 0.875. The Bertz CT molecular complexity index is 371. The monoisotopic (exact) mass is 298 g/mol. The minimum atomic E-state index is -0.983. The number of carboxylic acid groups (broad SMARTS) is 1. The number of aliphatic carboxylic acids is 1. The first-order valence-electron chi connectivity index (χ1n) is 8.11. The van der Waals surface area contributed by atoms with Gasteiger partial charge in [0, 0.05) is 13.0 Å². The Kier molecular flexibility index (Phi) is 6.65. The van der Waals surface area contributed by atoms with Crippen LogP contribution in [0, 0.1) is 11.8 Å². The van der Waals surface area contributed by atoms with E-state index in [1.807, 2.05) is 6.92 Å². The van der Waals surface area contributed by atoms with E-state index in [-0.39, 0.29) is 11.8 Å². The van der Waals surface area contributed by atoms with Crippen LogP contribution in [-0.4, -0.2) is 40.5 Å². The Hall–Kier alpha value is -1.10. The summed E-state index contributed by atoms with van der Waals surface area (Å²) >= 11 is 0. The van der Waals surface area contributed by atoms with Gasteiger partial charge in [-0.15, -0.1) is 0 Å². The zero-order valence-corrected chi connectivity index (χ0v) is 13.6. The van der Waals surface area contributed by atoms with Crippen molar-refractivity contribution < 1.29 is 14.7 Å². The minimum Gasteiger partial charge on any atom is -0.479 e. The number of nitrogens with zero attached hydrogens (tertiary/aromatic N) is 1. The van der Waals surface area contributed by atoms with Crippen LogP contribution in [0.15, 0.2) is 0 Å². The molecule has 1 fully saturated rings. The summed E-state index contributed by atoms with van der Waals surface area (Å²) in [7, 11) is 0. The van der Waals surface area contributed by atoms with Crippen molar-refractivity contribution in [3.8, 4) is 0 Å². The average molecular weight is 298 g/mol. The number of rotatable bonds is 8. The van der Waals surface area contributed by atoms with E-state index in [1.54, 1.807) is 4.90 Å². The Morgan fingerprint density at radius 2 is 2.05 bits per heavy atom. The van der Waals surface area contributed by atoms with Gasteiger partial charge in [-0.2, -0.15) is 0 Å². The Morgan fingerprint density at radius 1 is 1.38 bits per heavy atom. The molecule has 1 rings (SSSR count). The van der Waals surface area contributed by atoms with Crippen molar-refractivity contribution in [1.29, 1.82) is 0 Å². The number of hydrogen-bond donors (Lipinski definition) is 2. The lowest BCUT2D eigenvalue weighted by molar-refractivity contribution is -0.157. The lowest BCUT2D eigenvalue weighted by Crippen LogP contribution is -2.53. The van der Waals surface area contributed by atoms with Crippen LogP contribution in [0.5, 0.6) is 0 Å². The van der Waals surface area contributed by atoms with Crippen molar-refractivity contribution in [2.45, 2.75) is 64.8 Å². The van der Waals surface area contributed by atoms with Crippen LogP contribution in [-0.2, 0) is 9.59 Å². The lowest BCUT2D eigenvalue weighted by atomic mass is 9.89. The number of amides is 1. The van der Waals surface area contributed by atoms with E-state index in [0.717, 1.165) is 19.3 Å². The predicted octanol–water partition coefficient (Wildman–Crippen LogP) is 2.24. The van der Waals surface area contributed by atoms with E-state index in [4.69, 9.17) is 5.73 Å². The van der Waals surface area contributed by atoms with Crippen LogP contribution in [0.4, 0.5) is 0 Å². The van der Waals surface area contributed by atoms with Crippen LogP contribution in [0.2, 0.25) is 0 Å². The summed E-state index contributed by atoms with van der Waals surface area (Å²) in [4.78, 5) is 26.0. The summed E-state index contributed by atoms with van der Waals surface area (Å²) < 4.78 is 0. The molecule has 2 atom stereocenters. The summed E-state index contributed by atoms with van der Waals surface area (Å²) in [6, 6.07) is 0. The molecule has 0 aromatic rings. The molecule has 0 saturated carbocycles. The Morgan fingerprint density at radius 3 is 2.52 bits per heavy atom. The van der Waals surface area contributed by atoms with Gasteiger partial charge in [-0.1, -0.05) is 27.2 Å². The highest BCUT2D eigenvalue weighted by Crippen LogP contribution is 2.35. The number of hydrogen-bond acceptors (Lipinski definition) is 3. The smallest absolute Gasteiger partial charge is 0.329 e. The molecule has 3 N–H and O–H groups in total. The first kappa shape index (κ1) is 18.0. The molecule has 5 nitrogen and oxygen atoms in total. The molecule has 1 aliphatic rings. The van der Waals surface area contributed by atoms with Gasteiger partial charge >= 0.3 is 5.97 Å². The SMILES string of the molecule is CCCC1(C(=O)O)CCCN1C(=O)CC(CN)CC(C)C. The average Bonchev–Trinajstić information content (AvgIpc) is 2.83. The molecule has 5 heteroatoms. The molecule has 1 aliphatic heterocycles. The number of carboxylic acids is 1. The first-order chi connectivity index (χ1) is 9.87. The van der Waals surface area contributed by atoms with E-state index in [9.17, 15) is 14.7 Å². The van der Waals surface area contributed by atoms with Crippen LogP contribution in [0.25, 0.3) is 0 Å². The number of nitrogens with two attached hydrogens (primary N) is 1. The van der Waals surface area contributed by atoms with E-state index in [2.05, 4.69) is 13.8 Å². The van der Waals surface area contributed by atoms with Crippen molar-refractivity contribution >= 4 is 11.9 Å². The van der Waals surface area contributed by atoms with Gasteiger partial charge < -0.3 is 15.7 Å². The van der Waals surface area contributed by atoms with Gasteiger partial charge in [0.05, 0.1) is 0 Å². The van der Waals surface area contributed by atoms with Crippen molar-refractivity contribution in [1.82, 2.24) is 4.90 Å². The molecule has 0 aromatic carbocycles. The summed E-state index contributed by atoms with van der Waals surface area (Å²) in [5.41, 5.74) is 4.78. The molecule has 1 heterocycles. The predicted molar refractivity (Wildman–Crippen MR) is 82.8 cm³/mol. The molecular formula is C16H30N2O3. The highest BCUT2D eigenvalue weighted by molar-refractivity contribution is 5.87. The van der Waals surface area contributed by atoms with Gasteiger partial charge in [0.15, 0.2) is 0 Å². The van der Waals surface area contributed by atoms with Crippen LogP contribution in [0.1, 0.15) is 59.3 Å². The molecule has 0 radical (unpaired) electrons. The largest absolute Gasteiger partial charge is 0.479 e. The van der Waals surface area contributed by atoms with Crippen LogP contribution >= 0.6 is 0 Å². The second-order valence-electron chi connectivity index (χ2n) is 6.67. The van der Waals surface area contributed by atoms with E-state index >= 15 is 0 Å². The molecule has 0 aromatic heterocycles. The third-order valence-electron chi connectivity index (χ3n) is 4.45. The molecule has 2 unspecified atom stereocenters. The van der Waals surface area contributed by atoms with E-state index < -0.39 is 11.5 Å². The molecule has 0 aliphatic carbocycles. The summed E-state index contributed by atoms with van der Waals surface area (Å²) in [5.74, 6) is -0.265. The third kappa shape index (κ3) is 4.19. The van der Waals surface area contributed by atoms with Crippen molar-refractivity contribution in [2.75, 3.05) is 13.1 Å². The quantitative estimate of drug-likeness (QED) is 0.720. The fourth-order valence-electron chi connectivity index (χ4n) is 3.53. The zero-order valence-electron chi connectivity index (χ0n) is 13.6. The van der Waals surface area contributed by atoms with Gasteiger partial charge in [0.25, 0.3) is 0 Å². The number of carbonyl (C=O) groups excluding carboxylic acids is 1. The van der Waals surface area contributed by atoms with Gasteiger partial charge in [-0.05, 0) is 44.1 Å². The number of carbonyl (C=O) groups is 2. The molecule has 1 amide bonds. The first-order valence-corrected chi connectivity index (χ1v) is 8.11. The van der Waals surface area contributed by atoms with Crippen molar-refractivity contribution in [3.05, 3.63) is 0 Å². The van der Waals surface area contributed by atoms with Gasteiger partial charge in [0.1, 0.15) is 5.54 Å². The van der Waals surface area contributed by atoms with Gasteiger partial charge in [-0.3, -0.25) is 4.79 Å². The normalized spacial score (nSPS) is 23.6. The van der Waals surface area contributed by atoms with E-state index in [0.29, 0.717) is 38.3 Å². The lowest BCUT2D eigenvalue weighted by Gasteiger charge is -2.35. The summed E-state index contributed by atoms with van der Waals surface area (Å²) in [6.45, 7) is 7.23.